The van der Waals surface area contributed by atoms with Crippen LogP contribution >= 0.6 is 0 Å². The molecule has 0 radical (unpaired) electrons. The van der Waals surface area contributed by atoms with Crippen LogP contribution in [-0.4, -0.2) is 22.2 Å². The summed E-state index contributed by atoms with van der Waals surface area (Å²) in [5.41, 5.74) is 0.0809. The number of fused-ring (bicyclic) bond motifs is 3. The fraction of sp³-hybridized carbons (Fsp3) is 0.882. The molecule has 118 valence electrons. The van der Waals surface area contributed by atoms with E-state index >= 15 is 0 Å². The van der Waals surface area contributed by atoms with E-state index in [4.69, 9.17) is 0 Å². The normalized spacial score (nSPS) is 44.7. The van der Waals surface area contributed by atoms with Crippen LogP contribution in [0.5, 0.6) is 0 Å². The molecule has 3 rings (SSSR count). The topological polar surface area (TPSA) is 74.6 Å². The van der Waals surface area contributed by atoms with Crippen LogP contribution in [0.1, 0.15) is 52.4 Å². The van der Waals surface area contributed by atoms with Crippen LogP contribution in [0.2, 0.25) is 0 Å². The van der Waals surface area contributed by atoms with Gasteiger partial charge in [-0.2, -0.15) is 0 Å². The molecule has 0 saturated heterocycles. The molecule has 0 heterocycles. The van der Waals surface area contributed by atoms with Crippen molar-refractivity contribution in [1.82, 2.24) is 0 Å². The quantitative estimate of drug-likeness (QED) is 0.819. The minimum Gasteiger partial charge on any atom is -0.481 e. The lowest BCUT2D eigenvalue weighted by molar-refractivity contribution is -0.145. The van der Waals surface area contributed by atoms with Gasteiger partial charge >= 0.3 is 11.9 Å². The maximum absolute atomic E-state index is 11.3. The Labute approximate surface area is 125 Å². The molecule has 6 unspecified atom stereocenters. The number of carboxylic acids is 2. The van der Waals surface area contributed by atoms with Gasteiger partial charge in [0, 0.05) is 0 Å². The van der Waals surface area contributed by atoms with Gasteiger partial charge in [0.2, 0.25) is 0 Å². The Kier molecular flexibility index (Phi) is 3.53. The van der Waals surface area contributed by atoms with Crippen LogP contribution in [0.25, 0.3) is 0 Å². The zero-order valence-electron chi connectivity index (χ0n) is 12.9. The van der Waals surface area contributed by atoms with E-state index in [9.17, 15) is 19.8 Å². The van der Waals surface area contributed by atoms with Crippen molar-refractivity contribution in [2.24, 2.45) is 40.9 Å². The number of carboxylic acid groups (broad SMARTS) is 2. The third kappa shape index (κ3) is 2.27. The summed E-state index contributed by atoms with van der Waals surface area (Å²) in [6.07, 6.45) is 5.22. The molecule has 0 aromatic carbocycles. The molecule has 21 heavy (non-hydrogen) atoms. The van der Waals surface area contributed by atoms with Gasteiger partial charge in [0.05, 0.1) is 11.8 Å². The SMILES string of the molecule is CC1(C)C2CC(C(=O)O)CCC2C2CCC(C(=O)O)CC21. The van der Waals surface area contributed by atoms with E-state index in [0.29, 0.717) is 23.7 Å². The fourth-order valence-corrected chi connectivity index (χ4v) is 5.85. The van der Waals surface area contributed by atoms with Crippen molar-refractivity contribution in [3.05, 3.63) is 0 Å². The maximum atomic E-state index is 11.3. The fourth-order valence-electron chi connectivity index (χ4n) is 5.85. The summed E-state index contributed by atoms with van der Waals surface area (Å²) in [7, 11) is 0. The Balaban J connectivity index is 1.83. The number of hydrogen-bond donors (Lipinski definition) is 2. The Hall–Kier alpha value is -1.06. The minimum absolute atomic E-state index is 0.0809. The summed E-state index contributed by atoms with van der Waals surface area (Å²) in [6.45, 7) is 4.51. The second kappa shape index (κ2) is 4.99. The van der Waals surface area contributed by atoms with E-state index in [1.165, 1.54) is 0 Å². The highest BCUT2D eigenvalue weighted by Crippen LogP contribution is 2.64. The second-order valence-corrected chi connectivity index (χ2v) is 8.06. The molecule has 3 aliphatic rings. The van der Waals surface area contributed by atoms with Crippen molar-refractivity contribution in [3.8, 4) is 0 Å². The molecule has 3 saturated carbocycles. The van der Waals surface area contributed by atoms with Crippen LogP contribution in [0.4, 0.5) is 0 Å². The monoisotopic (exact) mass is 294 g/mol. The van der Waals surface area contributed by atoms with Gasteiger partial charge in [-0.15, -0.1) is 0 Å². The summed E-state index contributed by atoms with van der Waals surface area (Å²) in [5.74, 6) is 0.461. The van der Waals surface area contributed by atoms with E-state index in [1.54, 1.807) is 0 Å². The van der Waals surface area contributed by atoms with Crippen molar-refractivity contribution in [2.45, 2.75) is 52.4 Å². The first-order valence-electron chi connectivity index (χ1n) is 8.28. The van der Waals surface area contributed by atoms with Crippen molar-refractivity contribution in [1.29, 1.82) is 0 Å². The van der Waals surface area contributed by atoms with Crippen molar-refractivity contribution in [2.75, 3.05) is 0 Å². The van der Waals surface area contributed by atoms with Crippen LogP contribution in [0.15, 0.2) is 0 Å². The van der Waals surface area contributed by atoms with E-state index < -0.39 is 11.9 Å². The van der Waals surface area contributed by atoms with Gasteiger partial charge in [0.15, 0.2) is 0 Å². The summed E-state index contributed by atoms with van der Waals surface area (Å²) in [4.78, 5) is 22.7. The number of aliphatic carboxylic acids is 2. The molecule has 0 aromatic heterocycles. The van der Waals surface area contributed by atoms with Crippen molar-refractivity contribution in [3.63, 3.8) is 0 Å². The van der Waals surface area contributed by atoms with E-state index in [0.717, 1.165) is 38.5 Å². The van der Waals surface area contributed by atoms with Gasteiger partial charge in [0.25, 0.3) is 0 Å². The first-order valence-corrected chi connectivity index (χ1v) is 8.28. The lowest BCUT2D eigenvalue weighted by Crippen LogP contribution is -2.35. The van der Waals surface area contributed by atoms with Crippen LogP contribution in [-0.2, 0) is 9.59 Å². The molecule has 0 aromatic rings. The second-order valence-electron chi connectivity index (χ2n) is 8.06. The summed E-state index contributed by atoms with van der Waals surface area (Å²) >= 11 is 0. The van der Waals surface area contributed by atoms with Gasteiger partial charge in [-0.05, 0) is 67.6 Å². The van der Waals surface area contributed by atoms with Gasteiger partial charge in [0.1, 0.15) is 0 Å². The lowest BCUT2D eigenvalue weighted by Gasteiger charge is -2.39. The van der Waals surface area contributed by atoms with E-state index in [-0.39, 0.29) is 17.3 Å². The first-order chi connectivity index (χ1) is 9.82. The molecule has 0 amide bonds. The Morgan fingerprint density at radius 1 is 0.810 bits per heavy atom. The van der Waals surface area contributed by atoms with Crippen LogP contribution in [0.3, 0.4) is 0 Å². The van der Waals surface area contributed by atoms with Crippen LogP contribution in [0, 0.1) is 40.9 Å². The molecule has 0 spiro atoms. The molecule has 3 fully saturated rings. The minimum atomic E-state index is -0.650. The average Bonchev–Trinajstić information content (AvgIpc) is 2.67. The molecule has 4 nitrogen and oxygen atoms in total. The highest BCUT2D eigenvalue weighted by atomic mass is 16.4. The summed E-state index contributed by atoms with van der Waals surface area (Å²) < 4.78 is 0. The van der Waals surface area contributed by atoms with Crippen LogP contribution < -0.4 is 0 Å². The third-order valence-electron chi connectivity index (χ3n) is 6.97. The van der Waals surface area contributed by atoms with Gasteiger partial charge in [-0.25, -0.2) is 0 Å². The molecule has 2 N–H and O–H groups in total. The Morgan fingerprint density at radius 3 is 1.52 bits per heavy atom. The zero-order valence-corrected chi connectivity index (χ0v) is 12.9. The molecule has 0 aliphatic heterocycles. The predicted octanol–water partition coefficient (Wildman–Crippen LogP) is 3.26. The standard InChI is InChI=1S/C17H26O4/c1-17(2)13-7-9(15(18)19)3-5-11(13)12-6-4-10(16(20)21)8-14(12)17/h9-14H,3-8H2,1-2H3,(H,18,19)(H,20,21). The number of hydrogen-bond acceptors (Lipinski definition) is 2. The highest BCUT2D eigenvalue weighted by molar-refractivity contribution is 5.70. The molecular formula is C17H26O4. The first kappa shape index (κ1) is 14.9. The van der Waals surface area contributed by atoms with Gasteiger partial charge in [-0.1, -0.05) is 13.8 Å². The Morgan fingerprint density at radius 2 is 1.19 bits per heavy atom. The smallest absolute Gasteiger partial charge is 0.306 e. The molecule has 0 bridgehead atoms. The average molecular weight is 294 g/mol. The maximum Gasteiger partial charge on any atom is 0.306 e. The molecule has 4 heteroatoms. The summed E-state index contributed by atoms with van der Waals surface area (Å²) in [5, 5.41) is 18.6. The Bertz CT molecular complexity index is 416. The number of carbonyl (C=O) groups is 2. The van der Waals surface area contributed by atoms with E-state index in [2.05, 4.69) is 13.8 Å². The number of rotatable bonds is 2. The van der Waals surface area contributed by atoms with E-state index in [1.807, 2.05) is 0 Å². The lowest BCUT2D eigenvalue weighted by atomic mass is 9.65. The van der Waals surface area contributed by atoms with Crippen molar-refractivity contribution < 1.29 is 19.8 Å². The zero-order chi connectivity index (χ0) is 15.4. The third-order valence-corrected chi connectivity index (χ3v) is 6.97. The van der Waals surface area contributed by atoms with Gasteiger partial charge < -0.3 is 10.2 Å². The molecule has 3 aliphatic carbocycles. The highest BCUT2D eigenvalue weighted by Gasteiger charge is 2.58. The van der Waals surface area contributed by atoms with Gasteiger partial charge in [-0.3, -0.25) is 9.59 Å². The van der Waals surface area contributed by atoms with Crippen molar-refractivity contribution >= 4 is 11.9 Å². The summed E-state index contributed by atoms with van der Waals surface area (Å²) in [6, 6.07) is 0. The largest absolute Gasteiger partial charge is 0.481 e. The predicted molar refractivity (Wildman–Crippen MR) is 77.7 cm³/mol. The molecular weight excluding hydrogens is 268 g/mol. The molecule has 6 atom stereocenters.